The lowest BCUT2D eigenvalue weighted by Crippen LogP contribution is -2.45. The standard InChI is InChI=1S/C17H20FN3O3/c1-20-13-10-21(8-3-9-24-2)16(22)14(13)15(19-17(20)23)11-4-6-12(18)7-5-11/h4-7,15H,3,8-10H2,1-2H3,(H,19,23). The van der Waals surface area contributed by atoms with Gasteiger partial charge in [0, 0.05) is 27.3 Å². The highest BCUT2D eigenvalue weighted by Crippen LogP contribution is 2.35. The average Bonchev–Trinajstić information content (AvgIpc) is 2.90. The number of methoxy groups -OCH3 is 1. The first-order valence-corrected chi connectivity index (χ1v) is 7.84. The summed E-state index contributed by atoms with van der Waals surface area (Å²) >= 11 is 0. The second kappa shape index (κ2) is 6.60. The molecule has 7 heteroatoms. The van der Waals surface area contributed by atoms with Crippen molar-refractivity contribution in [1.29, 1.82) is 0 Å². The number of hydrogen-bond donors (Lipinski definition) is 1. The van der Waals surface area contributed by atoms with Gasteiger partial charge in [-0.2, -0.15) is 0 Å². The van der Waals surface area contributed by atoms with Crippen LogP contribution in [0.3, 0.4) is 0 Å². The molecule has 0 aliphatic carbocycles. The lowest BCUT2D eigenvalue weighted by molar-refractivity contribution is -0.125. The van der Waals surface area contributed by atoms with Crippen LogP contribution in [0.2, 0.25) is 0 Å². The Labute approximate surface area is 139 Å². The average molecular weight is 333 g/mol. The molecule has 1 atom stereocenters. The summed E-state index contributed by atoms with van der Waals surface area (Å²) in [6.45, 7) is 1.54. The van der Waals surface area contributed by atoms with E-state index >= 15 is 0 Å². The quantitative estimate of drug-likeness (QED) is 0.834. The Kier molecular flexibility index (Phi) is 4.53. The van der Waals surface area contributed by atoms with Crippen LogP contribution >= 0.6 is 0 Å². The minimum atomic E-state index is -0.552. The molecule has 0 saturated heterocycles. The first-order chi connectivity index (χ1) is 11.5. The van der Waals surface area contributed by atoms with Crippen LogP contribution in [0.4, 0.5) is 9.18 Å². The summed E-state index contributed by atoms with van der Waals surface area (Å²) in [6.07, 6.45) is 0.731. The molecule has 3 rings (SSSR count). The molecule has 1 unspecified atom stereocenters. The second-order valence-electron chi connectivity index (χ2n) is 5.93. The van der Waals surface area contributed by atoms with Crippen LogP contribution < -0.4 is 5.32 Å². The van der Waals surface area contributed by atoms with Crippen molar-refractivity contribution in [3.8, 4) is 0 Å². The molecule has 0 aromatic heterocycles. The Morgan fingerprint density at radius 2 is 2.00 bits per heavy atom. The molecular formula is C17H20FN3O3. The maximum Gasteiger partial charge on any atom is 0.322 e. The van der Waals surface area contributed by atoms with Crippen LogP contribution in [0, 0.1) is 5.82 Å². The Hall–Kier alpha value is -2.41. The maximum atomic E-state index is 13.2. The monoisotopic (exact) mass is 333 g/mol. The number of hydrogen-bond acceptors (Lipinski definition) is 3. The number of benzene rings is 1. The molecule has 0 fully saturated rings. The van der Waals surface area contributed by atoms with Gasteiger partial charge in [-0.3, -0.25) is 9.69 Å². The molecule has 128 valence electrons. The van der Waals surface area contributed by atoms with E-state index in [4.69, 9.17) is 4.74 Å². The number of nitrogens with one attached hydrogen (secondary N) is 1. The van der Waals surface area contributed by atoms with Gasteiger partial charge in [0.05, 0.1) is 23.9 Å². The number of carbonyl (C=O) groups excluding carboxylic acids is 2. The van der Waals surface area contributed by atoms with Crippen molar-refractivity contribution < 1.29 is 18.7 Å². The van der Waals surface area contributed by atoms with Gasteiger partial charge in [-0.05, 0) is 24.1 Å². The van der Waals surface area contributed by atoms with Gasteiger partial charge in [0.1, 0.15) is 5.82 Å². The van der Waals surface area contributed by atoms with E-state index in [1.165, 1.54) is 17.0 Å². The topological polar surface area (TPSA) is 61.9 Å². The van der Waals surface area contributed by atoms with E-state index in [0.29, 0.717) is 36.5 Å². The van der Waals surface area contributed by atoms with Crippen molar-refractivity contribution in [2.24, 2.45) is 0 Å². The summed E-state index contributed by atoms with van der Waals surface area (Å²) in [5.41, 5.74) is 1.95. The number of ether oxygens (including phenoxy) is 1. The zero-order valence-corrected chi connectivity index (χ0v) is 13.7. The number of rotatable bonds is 5. The number of amides is 3. The van der Waals surface area contributed by atoms with Gasteiger partial charge < -0.3 is 15.0 Å². The fraction of sp³-hybridized carbons (Fsp3) is 0.412. The number of likely N-dealkylation sites (N-methyl/N-ethyl adjacent to an activating group) is 1. The van der Waals surface area contributed by atoms with E-state index < -0.39 is 6.04 Å². The third-order valence-corrected chi connectivity index (χ3v) is 4.41. The van der Waals surface area contributed by atoms with Crippen LogP contribution in [-0.2, 0) is 9.53 Å². The first kappa shape index (κ1) is 16.4. The third-order valence-electron chi connectivity index (χ3n) is 4.41. The predicted octanol–water partition coefficient (Wildman–Crippen LogP) is 1.65. The van der Waals surface area contributed by atoms with Crippen LogP contribution in [-0.4, -0.2) is 55.6 Å². The molecule has 3 amide bonds. The van der Waals surface area contributed by atoms with E-state index in [1.807, 2.05) is 0 Å². The molecular weight excluding hydrogens is 313 g/mol. The first-order valence-electron chi connectivity index (χ1n) is 7.84. The molecule has 0 bridgehead atoms. The number of nitrogens with zero attached hydrogens (tertiary/aromatic N) is 2. The molecule has 2 aliphatic heterocycles. The fourth-order valence-corrected chi connectivity index (χ4v) is 3.11. The highest BCUT2D eigenvalue weighted by Gasteiger charge is 2.42. The van der Waals surface area contributed by atoms with Crippen molar-refractivity contribution in [2.45, 2.75) is 12.5 Å². The number of halogens is 1. The molecule has 2 heterocycles. The van der Waals surface area contributed by atoms with Gasteiger partial charge in [0.2, 0.25) is 0 Å². The molecule has 0 saturated carbocycles. The predicted molar refractivity (Wildman–Crippen MR) is 85.5 cm³/mol. The molecule has 1 N–H and O–H groups in total. The number of urea groups is 1. The summed E-state index contributed by atoms with van der Waals surface area (Å²) in [4.78, 5) is 28.2. The second-order valence-corrected chi connectivity index (χ2v) is 5.93. The van der Waals surface area contributed by atoms with E-state index in [2.05, 4.69) is 5.32 Å². The summed E-state index contributed by atoms with van der Waals surface area (Å²) < 4.78 is 18.2. The van der Waals surface area contributed by atoms with Crippen molar-refractivity contribution in [2.75, 3.05) is 33.9 Å². The van der Waals surface area contributed by atoms with Gasteiger partial charge in [0.15, 0.2) is 0 Å². The Bertz CT molecular complexity index is 687. The molecule has 6 nitrogen and oxygen atoms in total. The minimum absolute atomic E-state index is 0.0951. The summed E-state index contributed by atoms with van der Waals surface area (Å²) in [6, 6.07) is 5.03. The largest absolute Gasteiger partial charge is 0.385 e. The van der Waals surface area contributed by atoms with Crippen LogP contribution in [0.1, 0.15) is 18.0 Å². The maximum absolute atomic E-state index is 13.2. The Morgan fingerprint density at radius 3 is 2.67 bits per heavy atom. The minimum Gasteiger partial charge on any atom is -0.385 e. The molecule has 1 aromatic rings. The SMILES string of the molecule is COCCCN1CC2=C(C1=O)C(c1ccc(F)cc1)NC(=O)N2C. The summed E-state index contributed by atoms with van der Waals surface area (Å²) in [5.74, 6) is -0.451. The molecule has 0 spiro atoms. The van der Waals surface area contributed by atoms with Crippen LogP contribution in [0.5, 0.6) is 0 Å². The molecule has 1 aromatic carbocycles. The van der Waals surface area contributed by atoms with Crippen molar-refractivity contribution in [3.05, 3.63) is 46.9 Å². The smallest absolute Gasteiger partial charge is 0.322 e. The van der Waals surface area contributed by atoms with Gasteiger partial charge in [-0.15, -0.1) is 0 Å². The van der Waals surface area contributed by atoms with E-state index in [9.17, 15) is 14.0 Å². The van der Waals surface area contributed by atoms with Gasteiger partial charge in [0.25, 0.3) is 5.91 Å². The zero-order valence-electron chi connectivity index (χ0n) is 13.7. The fourth-order valence-electron chi connectivity index (χ4n) is 3.11. The number of carbonyl (C=O) groups is 2. The highest BCUT2D eigenvalue weighted by molar-refractivity contribution is 6.01. The van der Waals surface area contributed by atoms with Crippen molar-refractivity contribution >= 4 is 11.9 Å². The van der Waals surface area contributed by atoms with Gasteiger partial charge in [-0.25, -0.2) is 9.18 Å². The summed E-state index contributed by atoms with van der Waals surface area (Å²) in [5, 5.41) is 2.83. The molecule has 24 heavy (non-hydrogen) atoms. The highest BCUT2D eigenvalue weighted by atomic mass is 19.1. The lowest BCUT2D eigenvalue weighted by atomic mass is 9.96. The Morgan fingerprint density at radius 1 is 1.29 bits per heavy atom. The van der Waals surface area contributed by atoms with Gasteiger partial charge >= 0.3 is 6.03 Å². The normalized spacial score (nSPS) is 20.5. The molecule has 0 radical (unpaired) electrons. The van der Waals surface area contributed by atoms with Crippen LogP contribution in [0.25, 0.3) is 0 Å². The van der Waals surface area contributed by atoms with Crippen molar-refractivity contribution in [3.63, 3.8) is 0 Å². The summed E-state index contributed by atoms with van der Waals surface area (Å²) in [7, 11) is 3.27. The van der Waals surface area contributed by atoms with Gasteiger partial charge in [-0.1, -0.05) is 12.1 Å². The van der Waals surface area contributed by atoms with E-state index in [0.717, 1.165) is 6.42 Å². The Balaban J connectivity index is 1.90. The zero-order chi connectivity index (χ0) is 17.3. The molecule has 2 aliphatic rings. The third kappa shape index (κ3) is 2.87. The van der Waals surface area contributed by atoms with E-state index in [-0.39, 0.29) is 17.8 Å². The van der Waals surface area contributed by atoms with Crippen molar-refractivity contribution in [1.82, 2.24) is 15.1 Å². The van der Waals surface area contributed by atoms with E-state index in [1.54, 1.807) is 31.2 Å². The lowest BCUT2D eigenvalue weighted by Gasteiger charge is -2.31. The van der Waals surface area contributed by atoms with Crippen LogP contribution in [0.15, 0.2) is 35.5 Å².